The molecule has 7 heteroatoms. The average molecular weight is 434 g/mol. The number of terminal acetylenes is 1. The summed E-state index contributed by atoms with van der Waals surface area (Å²) in [6.45, 7) is 3.94. The number of aryl methyl sites for hydroxylation is 1. The van der Waals surface area contributed by atoms with Crippen LogP contribution in [-0.2, 0) is 25.8 Å². The van der Waals surface area contributed by atoms with Crippen molar-refractivity contribution in [3.63, 3.8) is 0 Å². The number of benzene rings is 2. The molecular formula is C25H26N2O5. The van der Waals surface area contributed by atoms with E-state index < -0.39 is 23.5 Å². The zero-order valence-electron chi connectivity index (χ0n) is 18.2. The van der Waals surface area contributed by atoms with Crippen molar-refractivity contribution in [2.75, 3.05) is 4.90 Å². The normalized spacial score (nSPS) is 15.2. The highest BCUT2D eigenvalue weighted by Crippen LogP contribution is 2.31. The van der Waals surface area contributed by atoms with Crippen molar-refractivity contribution in [3.8, 4) is 12.3 Å². The quantitative estimate of drug-likeness (QED) is 0.390. The number of hydrogen-bond donors (Lipinski definition) is 1. The van der Waals surface area contributed by atoms with Gasteiger partial charge in [-0.25, -0.2) is 4.79 Å². The zero-order chi connectivity index (χ0) is 23.3. The van der Waals surface area contributed by atoms with Gasteiger partial charge in [-0.15, -0.1) is 11.5 Å². The molecule has 0 spiro atoms. The Morgan fingerprint density at radius 1 is 1.16 bits per heavy atom. The smallest absolute Gasteiger partial charge is 0.333 e. The topological polar surface area (TPSA) is 87.2 Å². The summed E-state index contributed by atoms with van der Waals surface area (Å²) >= 11 is 0. The highest BCUT2D eigenvalue weighted by molar-refractivity contribution is 6.01. The molecule has 1 unspecified atom stereocenters. The summed E-state index contributed by atoms with van der Waals surface area (Å²) in [6, 6.07) is 15.1. The van der Waals surface area contributed by atoms with Gasteiger partial charge >= 0.3 is 5.97 Å². The molecule has 32 heavy (non-hydrogen) atoms. The van der Waals surface area contributed by atoms with Crippen molar-refractivity contribution < 1.29 is 24.3 Å². The van der Waals surface area contributed by atoms with Gasteiger partial charge in [0.15, 0.2) is 0 Å². The maximum atomic E-state index is 12.3. The van der Waals surface area contributed by atoms with Crippen LogP contribution in [0.15, 0.2) is 48.5 Å². The molecule has 166 valence electrons. The second kappa shape index (κ2) is 9.67. The van der Waals surface area contributed by atoms with Gasteiger partial charge in [0.05, 0.1) is 12.1 Å². The summed E-state index contributed by atoms with van der Waals surface area (Å²) in [7, 11) is 0. The number of rotatable bonds is 8. The molecule has 0 radical (unpaired) electrons. The largest absolute Gasteiger partial charge is 0.371 e. The first-order chi connectivity index (χ1) is 15.2. The van der Waals surface area contributed by atoms with Gasteiger partial charge in [-0.05, 0) is 37.1 Å². The number of carbonyl (C=O) groups excluding carboxylic acids is 3. The number of carbonyl (C=O) groups is 3. The number of aliphatic hydroxyl groups is 1. The lowest BCUT2D eigenvalue weighted by Gasteiger charge is -2.40. The lowest BCUT2D eigenvalue weighted by Crippen LogP contribution is -2.47. The van der Waals surface area contributed by atoms with E-state index in [0.717, 1.165) is 11.1 Å². The van der Waals surface area contributed by atoms with E-state index in [0.29, 0.717) is 22.9 Å². The van der Waals surface area contributed by atoms with Crippen molar-refractivity contribution in [1.82, 2.24) is 5.06 Å². The lowest BCUT2D eigenvalue weighted by atomic mass is 10.0. The predicted molar refractivity (Wildman–Crippen MR) is 119 cm³/mol. The van der Waals surface area contributed by atoms with Crippen LogP contribution >= 0.6 is 0 Å². The predicted octanol–water partition coefficient (Wildman–Crippen LogP) is 3.08. The molecule has 2 aromatic carbocycles. The Balaban J connectivity index is 1.82. The number of hydroxylamine groups is 2. The van der Waals surface area contributed by atoms with Crippen LogP contribution in [0.3, 0.4) is 0 Å². The van der Waals surface area contributed by atoms with Gasteiger partial charge in [0.1, 0.15) is 5.72 Å². The lowest BCUT2D eigenvalue weighted by molar-refractivity contribution is -0.198. The van der Waals surface area contributed by atoms with Crippen LogP contribution in [0.5, 0.6) is 0 Å². The molecule has 2 aromatic rings. The SMILES string of the molecule is C#Cc1ccccc1N(Cc1ccccc1C)C(C)(O)CCC(=O)ON1C(=O)CCC1=O. The van der Waals surface area contributed by atoms with Gasteiger partial charge in [-0.2, -0.15) is 0 Å². The molecule has 0 saturated carbocycles. The standard InChI is InChI=1S/C25H26N2O5/c1-4-19-10-7-8-12-21(19)26(17-20-11-6-5-9-18(20)2)25(3,31)16-15-24(30)32-27-22(28)13-14-23(27)29/h1,5-12,31H,13-17H2,2-3H3. The van der Waals surface area contributed by atoms with Gasteiger partial charge in [0.2, 0.25) is 0 Å². The van der Waals surface area contributed by atoms with E-state index in [2.05, 4.69) is 5.92 Å². The summed E-state index contributed by atoms with van der Waals surface area (Å²) in [5.41, 5.74) is 1.83. The Morgan fingerprint density at radius 2 is 1.78 bits per heavy atom. The highest BCUT2D eigenvalue weighted by atomic mass is 16.7. The fraction of sp³-hybridized carbons (Fsp3) is 0.320. The fourth-order valence-electron chi connectivity index (χ4n) is 3.58. The van der Waals surface area contributed by atoms with Gasteiger partial charge in [-0.1, -0.05) is 42.3 Å². The molecule has 0 aliphatic carbocycles. The maximum Gasteiger partial charge on any atom is 0.333 e. The Hall–Kier alpha value is -3.63. The molecular weight excluding hydrogens is 408 g/mol. The summed E-state index contributed by atoms with van der Waals surface area (Å²) in [6.07, 6.45) is 5.53. The Bertz CT molecular complexity index is 1050. The Morgan fingerprint density at radius 3 is 2.44 bits per heavy atom. The van der Waals surface area contributed by atoms with Crippen LogP contribution in [0.4, 0.5) is 5.69 Å². The van der Waals surface area contributed by atoms with Crippen LogP contribution in [0, 0.1) is 19.3 Å². The molecule has 1 aliphatic heterocycles. The zero-order valence-corrected chi connectivity index (χ0v) is 18.2. The van der Waals surface area contributed by atoms with Gasteiger partial charge in [-0.3, -0.25) is 9.59 Å². The van der Waals surface area contributed by atoms with Crippen molar-refractivity contribution in [3.05, 3.63) is 65.2 Å². The molecule has 0 aromatic heterocycles. The number of para-hydroxylation sites is 1. The molecule has 7 nitrogen and oxygen atoms in total. The van der Waals surface area contributed by atoms with E-state index in [4.69, 9.17) is 11.3 Å². The van der Waals surface area contributed by atoms with E-state index in [1.807, 2.05) is 49.4 Å². The molecule has 2 amide bonds. The monoisotopic (exact) mass is 434 g/mol. The number of nitrogens with zero attached hydrogens (tertiary/aromatic N) is 2. The molecule has 1 aliphatic rings. The van der Waals surface area contributed by atoms with Crippen LogP contribution in [0.2, 0.25) is 0 Å². The van der Waals surface area contributed by atoms with Crippen molar-refractivity contribution >= 4 is 23.5 Å². The first-order valence-electron chi connectivity index (χ1n) is 10.4. The summed E-state index contributed by atoms with van der Waals surface area (Å²) in [4.78, 5) is 42.3. The number of amides is 2. The minimum Gasteiger partial charge on any atom is -0.371 e. The Labute approximate surface area is 187 Å². The highest BCUT2D eigenvalue weighted by Gasteiger charge is 2.35. The second-order valence-corrected chi connectivity index (χ2v) is 7.94. The Kier molecular flexibility index (Phi) is 6.96. The molecule has 1 fully saturated rings. The van der Waals surface area contributed by atoms with Crippen LogP contribution in [0.25, 0.3) is 0 Å². The first kappa shape index (κ1) is 23.0. The van der Waals surface area contributed by atoms with Crippen LogP contribution in [0.1, 0.15) is 49.3 Å². The maximum absolute atomic E-state index is 12.3. The van der Waals surface area contributed by atoms with Gasteiger partial charge in [0.25, 0.3) is 11.8 Å². The van der Waals surface area contributed by atoms with E-state index in [9.17, 15) is 19.5 Å². The van der Waals surface area contributed by atoms with E-state index in [-0.39, 0.29) is 25.7 Å². The third kappa shape index (κ3) is 5.16. The summed E-state index contributed by atoms with van der Waals surface area (Å²) < 4.78 is 0. The fourth-order valence-corrected chi connectivity index (χ4v) is 3.58. The number of imide groups is 1. The minimum absolute atomic E-state index is 0.00710. The third-order valence-corrected chi connectivity index (χ3v) is 5.52. The minimum atomic E-state index is -1.48. The van der Waals surface area contributed by atoms with Crippen molar-refractivity contribution in [1.29, 1.82) is 0 Å². The molecule has 1 N–H and O–H groups in total. The van der Waals surface area contributed by atoms with Crippen molar-refractivity contribution in [2.24, 2.45) is 0 Å². The van der Waals surface area contributed by atoms with E-state index >= 15 is 0 Å². The average Bonchev–Trinajstić information content (AvgIpc) is 3.09. The molecule has 3 rings (SSSR count). The number of anilines is 1. The van der Waals surface area contributed by atoms with E-state index in [1.165, 1.54) is 0 Å². The molecule has 0 bridgehead atoms. The van der Waals surface area contributed by atoms with Crippen LogP contribution < -0.4 is 4.90 Å². The van der Waals surface area contributed by atoms with E-state index in [1.54, 1.807) is 17.9 Å². The van der Waals surface area contributed by atoms with Gasteiger partial charge < -0.3 is 14.8 Å². The first-order valence-corrected chi connectivity index (χ1v) is 10.4. The molecule has 1 heterocycles. The van der Waals surface area contributed by atoms with Gasteiger partial charge in [0, 0.05) is 31.4 Å². The third-order valence-electron chi connectivity index (χ3n) is 5.52. The second-order valence-electron chi connectivity index (χ2n) is 7.94. The molecule has 1 saturated heterocycles. The molecule has 1 atom stereocenters. The summed E-state index contributed by atoms with van der Waals surface area (Å²) in [5.74, 6) is 0.792. The summed E-state index contributed by atoms with van der Waals surface area (Å²) in [5, 5.41) is 11.9. The van der Waals surface area contributed by atoms with Crippen molar-refractivity contribution in [2.45, 2.75) is 51.8 Å². The number of hydrogen-bond acceptors (Lipinski definition) is 6. The van der Waals surface area contributed by atoms with Crippen LogP contribution in [-0.4, -0.2) is 33.7 Å².